The third-order valence-corrected chi connectivity index (χ3v) is 3.88. The van der Waals surface area contributed by atoms with Gasteiger partial charge in [0.25, 0.3) is 0 Å². The summed E-state index contributed by atoms with van der Waals surface area (Å²) in [6.07, 6.45) is 3.31. The summed E-state index contributed by atoms with van der Waals surface area (Å²) in [5.74, 6) is 0.892. The first-order valence-corrected chi connectivity index (χ1v) is 8.26. The van der Waals surface area contributed by atoms with E-state index in [1.54, 1.807) is 11.8 Å². The summed E-state index contributed by atoms with van der Waals surface area (Å²) >= 11 is 1.68. The minimum Gasteiger partial charge on any atom is -0.396 e. The van der Waals surface area contributed by atoms with E-state index >= 15 is 0 Å². The molecule has 0 radical (unpaired) electrons. The van der Waals surface area contributed by atoms with E-state index in [-0.39, 0.29) is 30.8 Å². The summed E-state index contributed by atoms with van der Waals surface area (Å²) in [6, 6.07) is 9.46. The van der Waals surface area contributed by atoms with Gasteiger partial charge in [-0.2, -0.15) is 11.8 Å². The number of hydrogen-bond acceptors (Lipinski definition) is 4. The molecule has 1 amide bonds. The molecule has 0 spiro atoms. The number of nitrogens with two attached hydrogens (primary N) is 1. The first kappa shape index (κ1) is 20.2. The zero-order valence-electron chi connectivity index (χ0n) is 12.3. The second kappa shape index (κ2) is 11.9. The first-order valence-electron chi connectivity index (χ1n) is 6.87. The van der Waals surface area contributed by atoms with Gasteiger partial charge in [-0.05, 0) is 30.4 Å². The highest BCUT2D eigenvalue weighted by molar-refractivity contribution is 7.98. The van der Waals surface area contributed by atoms with E-state index in [0.29, 0.717) is 19.4 Å². The minimum atomic E-state index is -0.451. The molecule has 0 bridgehead atoms. The van der Waals surface area contributed by atoms with E-state index in [1.807, 2.05) is 36.6 Å². The van der Waals surface area contributed by atoms with Gasteiger partial charge in [0.15, 0.2) is 0 Å². The van der Waals surface area contributed by atoms with Crippen molar-refractivity contribution in [3.05, 3.63) is 35.9 Å². The van der Waals surface area contributed by atoms with E-state index in [0.717, 1.165) is 11.3 Å². The van der Waals surface area contributed by atoms with Crippen LogP contribution in [-0.2, 0) is 4.79 Å². The number of thioether (sulfide) groups is 1. The zero-order chi connectivity index (χ0) is 14.8. The number of carbonyl (C=O) groups is 1. The first-order chi connectivity index (χ1) is 9.69. The molecule has 0 fully saturated rings. The molecule has 0 saturated carbocycles. The molecule has 0 aliphatic rings. The predicted octanol–water partition coefficient (Wildman–Crippen LogP) is 1.77. The van der Waals surface area contributed by atoms with Crippen molar-refractivity contribution in [3.8, 4) is 0 Å². The number of hydrogen-bond donors (Lipinski definition) is 3. The quantitative estimate of drug-likeness (QED) is 0.644. The molecule has 0 aliphatic heterocycles. The normalized spacial score (nSPS) is 13.1. The summed E-state index contributed by atoms with van der Waals surface area (Å²) in [7, 11) is 0. The SMILES string of the molecule is CSCC[C@H](N)C(=O)NCC(CCO)c1ccccc1.Cl. The van der Waals surface area contributed by atoms with Crippen LogP contribution in [0.15, 0.2) is 30.3 Å². The average molecular weight is 333 g/mol. The highest BCUT2D eigenvalue weighted by Gasteiger charge is 2.16. The Labute approximate surface area is 137 Å². The largest absolute Gasteiger partial charge is 0.396 e. The van der Waals surface area contributed by atoms with Crippen LogP contribution in [0.1, 0.15) is 24.3 Å². The summed E-state index contributed by atoms with van der Waals surface area (Å²) in [6.45, 7) is 0.615. The second-order valence-electron chi connectivity index (χ2n) is 4.75. The van der Waals surface area contributed by atoms with Gasteiger partial charge in [-0.15, -0.1) is 12.4 Å². The van der Waals surface area contributed by atoms with Crippen LogP contribution in [-0.4, -0.2) is 42.2 Å². The van der Waals surface area contributed by atoms with E-state index in [2.05, 4.69) is 5.32 Å². The van der Waals surface area contributed by atoms with Gasteiger partial charge in [0.05, 0.1) is 6.04 Å². The van der Waals surface area contributed by atoms with Gasteiger partial charge in [-0.25, -0.2) is 0 Å². The van der Waals surface area contributed by atoms with E-state index in [1.165, 1.54) is 0 Å². The lowest BCUT2D eigenvalue weighted by Gasteiger charge is -2.19. The number of halogens is 1. The topological polar surface area (TPSA) is 75.4 Å². The molecule has 1 unspecified atom stereocenters. The van der Waals surface area contributed by atoms with Gasteiger partial charge in [-0.1, -0.05) is 30.3 Å². The molecule has 6 heteroatoms. The summed E-state index contributed by atoms with van der Waals surface area (Å²) in [5, 5.41) is 12.0. The number of aliphatic hydroxyl groups is 1. The number of amides is 1. The third-order valence-electron chi connectivity index (χ3n) is 3.24. The lowest BCUT2D eigenvalue weighted by Crippen LogP contribution is -2.42. The summed E-state index contributed by atoms with van der Waals surface area (Å²) in [5.41, 5.74) is 6.95. The van der Waals surface area contributed by atoms with Crippen molar-refractivity contribution in [1.82, 2.24) is 5.32 Å². The van der Waals surface area contributed by atoms with Crippen molar-refractivity contribution in [1.29, 1.82) is 0 Å². The van der Waals surface area contributed by atoms with Crippen molar-refractivity contribution < 1.29 is 9.90 Å². The second-order valence-corrected chi connectivity index (χ2v) is 5.74. The Morgan fingerprint density at radius 2 is 2.00 bits per heavy atom. The monoisotopic (exact) mass is 332 g/mol. The zero-order valence-corrected chi connectivity index (χ0v) is 14.0. The lowest BCUT2D eigenvalue weighted by atomic mass is 9.96. The fourth-order valence-electron chi connectivity index (χ4n) is 2.00. The highest BCUT2D eigenvalue weighted by atomic mass is 35.5. The average Bonchev–Trinajstić information content (AvgIpc) is 2.49. The van der Waals surface area contributed by atoms with Crippen LogP contribution < -0.4 is 11.1 Å². The van der Waals surface area contributed by atoms with Crippen LogP contribution in [0, 0.1) is 0 Å². The molecule has 0 aromatic heterocycles. The maximum atomic E-state index is 11.9. The molecule has 1 aromatic rings. The number of rotatable bonds is 9. The Bertz CT molecular complexity index is 393. The van der Waals surface area contributed by atoms with Gasteiger partial charge >= 0.3 is 0 Å². The fourth-order valence-corrected chi connectivity index (χ4v) is 2.49. The Kier molecular flexibility index (Phi) is 11.4. The molecule has 4 nitrogen and oxygen atoms in total. The maximum Gasteiger partial charge on any atom is 0.236 e. The number of aliphatic hydroxyl groups excluding tert-OH is 1. The highest BCUT2D eigenvalue weighted by Crippen LogP contribution is 2.18. The lowest BCUT2D eigenvalue weighted by molar-refractivity contribution is -0.122. The van der Waals surface area contributed by atoms with Gasteiger partial charge in [-0.3, -0.25) is 4.79 Å². The van der Waals surface area contributed by atoms with Crippen LogP contribution in [0.3, 0.4) is 0 Å². The summed E-state index contributed by atoms with van der Waals surface area (Å²) < 4.78 is 0. The van der Waals surface area contributed by atoms with Crippen LogP contribution in [0.4, 0.5) is 0 Å². The molecule has 120 valence electrons. The number of nitrogens with one attached hydrogen (secondary N) is 1. The Morgan fingerprint density at radius 1 is 1.33 bits per heavy atom. The molecular weight excluding hydrogens is 308 g/mol. The molecule has 1 aromatic carbocycles. The molecule has 1 rings (SSSR count). The van der Waals surface area contributed by atoms with Crippen molar-refractivity contribution in [2.24, 2.45) is 5.73 Å². The molecule has 0 heterocycles. The van der Waals surface area contributed by atoms with Crippen molar-refractivity contribution in [3.63, 3.8) is 0 Å². The molecular formula is C15H25ClN2O2S. The van der Waals surface area contributed by atoms with Gasteiger partial charge < -0.3 is 16.2 Å². The van der Waals surface area contributed by atoms with Crippen LogP contribution >= 0.6 is 24.2 Å². The predicted molar refractivity (Wildman–Crippen MR) is 92.1 cm³/mol. The van der Waals surface area contributed by atoms with E-state index in [9.17, 15) is 4.79 Å². The van der Waals surface area contributed by atoms with Gasteiger partial charge in [0, 0.05) is 19.1 Å². The Hall–Kier alpha value is -0.750. The number of carbonyl (C=O) groups excluding carboxylic acids is 1. The third kappa shape index (κ3) is 7.71. The maximum absolute atomic E-state index is 11.9. The van der Waals surface area contributed by atoms with Crippen LogP contribution in [0.2, 0.25) is 0 Å². The van der Waals surface area contributed by atoms with E-state index in [4.69, 9.17) is 10.8 Å². The standard InChI is InChI=1S/C15H24N2O2S.ClH/c1-20-10-8-14(16)15(19)17-11-13(7-9-18)12-5-3-2-4-6-12;/h2-6,13-14,18H,7-11,16H2,1H3,(H,17,19);1H/t13?,14-;/m0./s1. The molecule has 21 heavy (non-hydrogen) atoms. The van der Waals surface area contributed by atoms with Crippen LogP contribution in [0.5, 0.6) is 0 Å². The summed E-state index contributed by atoms with van der Waals surface area (Å²) in [4.78, 5) is 11.9. The Balaban J connectivity index is 0.00000400. The van der Waals surface area contributed by atoms with E-state index < -0.39 is 6.04 Å². The fraction of sp³-hybridized carbons (Fsp3) is 0.533. The molecule has 2 atom stereocenters. The Morgan fingerprint density at radius 3 is 2.57 bits per heavy atom. The molecule has 0 saturated heterocycles. The van der Waals surface area contributed by atoms with Crippen molar-refractivity contribution in [2.45, 2.75) is 24.8 Å². The van der Waals surface area contributed by atoms with Crippen molar-refractivity contribution in [2.75, 3.05) is 25.2 Å². The van der Waals surface area contributed by atoms with Gasteiger partial charge in [0.2, 0.25) is 5.91 Å². The number of benzene rings is 1. The molecule has 0 aliphatic carbocycles. The molecule has 4 N–H and O–H groups in total. The van der Waals surface area contributed by atoms with Crippen molar-refractivity contribution >= 4 is 30.1 Å². The smallest absolute Gasteiger partial charge is 0.236 e. The minimum absolute atomic E-state index is 0. The van der Waals surface area contributed by atoms with Crippen LogP contribution in [0.25, 0.3) is 0 Å². The van der Waals surface area contributed by atoms with Gasteiger partial charge in [0.1, 0.15) is 0 Å².